The molecule has 16 heavy (non-hydrogen) atoms. The van der Waals surface area contributed by atoms with Gasteiger partial charge in [0.15, 0.2) is 0 Å². The molecule has 80 valence electrons. The Hall–Kier alpha value is -2.03. The van der Waals surface area contributed by atoms with Gasteiger partial charge in [0.1, 0.15) is 5.82 Å². The third-order valence-electron chi connectivity index (χ3n) is 3.03. The molecule has 2 aromatic heterocycles. The van der Waals surface area contributed by atoms with Crippen molar-refractivity contribution in [3.05, 3.63) is 35.5 Å². The molecule has 0 fully saturated rings. The van der Waals surface area contributed by atoms with Crippen molar-refractivity contribution in [1.29, 1.82) is 0 Å². The Kier molecular flexibility index (Phi) is 1.72. The second kappa shape index (κ2) is 2.98. The number of benzene rings is 1. The van der Waals surface area contributed by atoms with Gasteiger partial charge in [-0.1, -0.05) is 18.2 Å². The second-order valence-electron chi connectivity index (χ2n) is 4.18. The van der Waals surface area contributed by atoms with E-state index in [-0.39, 0.29) is 0 Å². The number of aromatic amines is 1. The van der Waals surface area contributed by atoms with Crippen LogP contribution in [-0.4, -0.2) is 9.97 Å². The van der Waals surface area contributed by atoms with Crippen LogP contribution in [0.1, 0.15) is 11.3 Å². The number of hydrogen-bond donors (Lipinski definition) is 2. The maximum absolute atomic E-state index is 5.79. The number of aromatic nitrogens is 2. The minimum absolute atomic E-state index is 0.576. The molecule has 3 nitrogen and oxygen atoms in total. The Labute approximate surface area is 93.3 Å². The van der Waals surface area contributed by atoms with Crippen molar-refractivity contribution < 1.29 is 0 Å². The molecule has 2 heterocycles. The molecule has 0 spiro atoms. The van der Waals surface area contributed by atoms with Crippen LogP contribution in [0.2, 0.25) is 0 Å². The Morgan fingerprint density at radius 2 is 1.94 bits per heavy atom. The van der Waals surface area contributed by atoms with E-state index in [1.165, 1.54) is 16.5 Å². The zero-order valence-electron chi connectivity index (χ0n) is 9.33. The summed E-state index contributed by atoms with van der Waals surface area (Å²) in [5, 5.41) is 2.37. The van der Waals surface area contributed by atoms with Crippen LogP contribution >= 0.6 is 0 Å². The first kappa shape index (κ1) is 9.21. The Balaban J connectivity index is 2.61. The number of rotatable bonds is 0. The van der Waals surface area contributed by atoms with Gasteiger partial charge in [0.05, 0.1) is 11.2 Å². The number of hydrogen-bond acceptors (Lipinski definition) is 2. The number of nitrogens with two attached hydrogens (primary N) is 1. The third kappa shape index (κ3) is 1.11. The first-order valence-corrected chi connectivity index (χ1v) is 5.31. The topological polar surface area (TPSA) is 54.7 Å². The van der Waals surface area contributed by atoms with Crippen molar-refractivity contribution >= 4 is 27.6 Å². The quantitative estimate of drug-likeness (QED) is 0.600. The van der Waals surface area contributed by atoms with Gasteiger partial charge < -0.3 is 10.7 Å². The van der Waals surface area contributed by atoms with Crippen LogP contribution in [0.4, 0.5) is 5.82 Å². The van der Waals surface area contributed by atoms with Crippen molar-refractivity contribution in [1.82, 2.24) is 9.97 Å². The van der Waals surface area contributed by atoms with Crippen LogP contribution in [0.15, 0.2) is 24.3 Å². The van der Waals surface area contributed by atoms with Crippen LogP contribution < -0.4 is 5.73 Å². The number of fused-ring (bicyclic) bond motifs is 3. The largest absolute Gasteiger partial charge is 0.384 e. The highest BCUT2D eigenvalue weighted by atomic mass is 14.9. The summed E-state index contributed by atoms with van der Waals surface area (Å²) in [6, 6.07) is 8.21. The smallest absolute Gasteiger partial charge is 0.124 e. The van der Waals surface area contributed by atoms with Gasteiger partial charge in [0, 0.05) is 16.3 Å². The molecule has 0 aliphatic heterocycles. The van der Waals surface area contributed by atoms with E-state index < -0.39 is 0 Å². The van der Waals surface area contributed by atoms with Gasteiger partial charge in [0.2, 0.25) is 0 Å². The van der Waals surface area contributed by atoms with E-state index in [2.05, 4.69) is 35.1 Å². The highest BCUT2D eigenvalue weighted by molar-refractivity contribution is 6.09. The fourth-order valence-electron chi connectivity index (χ4n) is 2.25. The lowest BCUT2D eigenvalue weighted by atomic mass is 10.1. The van der Waals surface area contributed by atoms with Gasteiger partial charge in [-0.05, 0) is 25.5 Å². The predicted molar refractivity (Wildman–Crippen MR) is 67.5 cm³/mol. The zero-order valence-corrected chi connectivity index (χ0v) is 9.33. The maximum atomic E-state index is 5.79. The molecule has 0 saturated heterocycles. The van der Waals surface area contributed by atoms with Crippen LogP contribution in [0.5, 0.6) is 0 Å². The number of H-pyrrole nitrogens is 1. The lowest BCUT2D eigenvalue weighted by molar-refractivity contribution is 1.23. The minimum atomic E-state index is 0.576. The monoisotopic (exact) mass is 211 g/mol. The van der Waals surface area contributed by atoms with E-state index in [0.717, 1.165) is 16.6 Å². The van der Waals surface area contributed by atoms with Gasteiger partial charge in [-0.25, -0.2) is 4.98 Å². The highest BCUT2D eigenvalue weighted by Gasteiger charge is 2.09. The van der Waals surface area contributed by atoms with Crippen LogP contribution in [0.3, 0.4) is 0 Å². The number of anilines is 1. The molecule has 1 aromatic carbocycles. The Morgan fingerprint density at radius 1 is 1.12 bits per heavy atom. The molecule has 3 heteroatoms. The molecule has 3 aromatic rings. The number of aryl methyl sites for hydroxylation is 2. The normalized spacial score (nSPS) is 11.4. The Bertz CT molecular complexity index is 695. The summed E-state index contributed by atoms with van der Waals surface area (Å²) >= 11 is 0. The van der Waals surface area contributed by atoms with Crippen molar-refractivity contribution in [2.24, 2.45) is 0 Å². The summed E-state index contributed by atoms with van der Waals surface area (Å²) < 4.78 is 0. The molecule has 0 aliphatic carbocycles. The van der Waals surface area contributed by atoms with Gasteiger partial charge in [0.25, 0.3) is 0 Å². The van der Waals surface area contributed by atoms with Crippen molar-refractivity contribution in [2.75, 3.05) is 5.73 Å². The first-order chi connectivity index (χ1) is 7.66. The van der Waals surface area contributed by atoms with Crippen LogP contribution in [0.25, 0.3) is 21.8 Å². The van der Waals surface area contributed by atoms with E-state index in [9.17, 15) is 0 Å². The number of nitrogen functional groups attached to an aromatic ring is 1. The summed E-state index contributed by atoms with van der Waals surface area (Å²) in [5.41, 5.74) is 10.2. The predicted octanol–water partition coefficient (Wildman–Crippen LogP) is 2.92. The minimum Gasteiger partial charge on any atom is -0.384 e. The van der Waals surface area contributed by atoms with Gasteiger partial charge in [-0.2, -0.15) is 0 Å². The third-order valence-corrected chi connectivity index (χ3v) is 3.03. The lowest BCUT2D eigenvalue weighted by Gasteiger charge is -1.97. The molecule has 0 radical (unpaired) electrons. The van der Waals surface area contributed by atoms with Gasteiger partial charge >= 0.3 is 0 Å². The summed E-state index contributed by atoms with van der Waals surface area (Å²) in [5.74, 6) is 0.576. The SMILES string of the molecule is Cc1cccc2c1[nH]c1c(C)nc(N)cc12. The fraction of sp³-hybridized carbons (Fsp3) is 0.154. The summed E-state index contributed by atoms with van der Waals surface area (Å²) in [7, 11) is 0. The van der Waals surface area contributed by atoms with E-state index in [0.29, 0.717) is 5.82 Å². The van der Waals surface area contributed by atoms with E-state index in [4.69, 9.17) is 5.73 Å². The molecule has 0 saturated carbocycles. The molecule has 0 amide bonds. The molecule has 0 unspecified atom stereocenters. The molecule has 0 aliphatic rings. The second-order valence-corrected chi connectivity index (χ2v) is 4.18. The molecule has 3 N–H and O–H groups in total. The van der Waals surface area contributed by atoms with E-state index in [1.807, 2.05) is 13.0 Å². The summed E-state index contributed by atoms with van der Waals surface area (Å²) in [6.45, 7) is 4.08. The molecule has 0 atom stereocenters. The van der Waals surface area contributed by atoms with Crippen LogP contribution in [-0.2, 0) is 0 Å². The average Bonchev–Trinajstić information content (AvgIpc) is 2.59. The van der Waals surface area contributed by atoms with E-state index in [1.54, 1.807) is 0 Å². The maximum Gasteiger partial charge on any atom is 0.124 e. The molecular weight excluding hydrogens is 198 g/mol. The molecule has 0 bridgehead atoms. The standard InChI is InChI=1S/C13H13N3/c1-7-4-3-5-9-10-6-11(14)15-8(2)13(10)16-12(7)9/h3-6,16H,1-2H3,(H2,14,15). The number of nitrogens with one attached hydrogen (secondary N) is 1. The van der Waals surface area contributed by atoms with Crippen molar-refractivity contribution in [2.45, 2.75) is 13.8 Å². The average molecular weight is 211 g/mol. The number of nitrogens with zero attached hydrogens (tertiary/aromatic N) is 1. The lowest BCUT2D eigenvalue weighted by Crippen LogP contribution is -1.92. The van der Waals surface area contributed by atoms with E-state index >= 15 is 0 Å². The number of pyridine rings is 1. The number of para-hydroxylation sites is 1. The van der Waals surface area contributed by atoms with Gasteiger partial charge in [-0.3, -0.25) is 0 Å². The van der Waals surface area contributed by atoms with Crippen molar-refractivity contribution in [3.63, 3.8) is 0 Å². The summed E-state index contributed by atoms with van der Waals surface area (Å²) in [6.07, 6.45) is 0. The molecule has 3 rings (SSSR count). The van der Waals surface area contributed by atoms with Crippen LogP contribution in [0, 0.1) is 13.8 Å². The summed E-state index contributed by atoms with van der Waals surface area (Å²) in [4.78, 5) is 7.70. The first-order valence-electron chi connectivity index (χ1n) is 5.31. The highest BCUT2D eigenvalue weighted by Crippen LogP contribution is 2.29. The Morgan fingerprint density at radius 3 is 2.75 bits per heavy atom. The van der Waals surface area contributed by atoms with Crippen molar-refractivity contribution in [3.8, 4) is 0 Å². The molecular formula is C13H13N3. The zero-order chi connectivity index (χ0) is 11.3. The fourth-order valence-corrected chi connectivity index (χ4v) is 2.25. The van der Waals surface area contributed by atoms with Gasteiger partial charge in [-0.15, -0.1) is 0 Å².